The predicted octanol–water partition coefficient (Wildman–Crippen LogP) is 5.19. The summed E-state index contributed by atoms with van der Waals surface area (Å²) in [6.45, 7) is 5.89. The number of anilines is 1. The molecule has 0 unspecified atom stereocenters. The standard InChI is InChI=1S/C25H27ClF3N7/c1-13(16-7-10-32-23-17(16)11-19(35-23)25(27,28)29)34-24(36(2)15-5-8-31-9-6-15)20-18(14-3-4-14)12-33-22(26)21(20)30/h7,10-12,14-15,31H,1,3-6,8-9,30H2,2H3,(H,32,35). The van der Waals surface area contributed by atoms with Crippen molar-refractivity contribution in [1.29, 1.82) is 0 Å². The Morgan fingerprint density at radius 1 is 1.22 bits per heavy atom. The molecule has 3 aromatic heterocycles. The number of hydrogen-bond donors (Lipinski definition) is 3. The van der Waals surface area contributed by atoms with Crippen LogP contribution in [0.1, 0.15) is 54.0 Å². The number of hydrogen-bond acceptors (Lipinski definition) is 5. The molecule has 2 aliphatic rings. The van der Waals surface area contributed by atoms with Crippen LogP contribution >= 0.6 is 11.6 Å². The molecule has 7 nitrogen and oxygen atoms in total. The van der Waals surface area contributed by atoms with Crippen molar-refractivity contribution in [2.75, 3.05) is 25.9 Å². The van der Waals surface area contributed by atoms with Crippen molar-refractivity contribution in [2.45, 2.75) is 43.8 Å². The number of nitrogens with two attached hydrogens (primary N) is 1. The van der Waals surface area contributed by atoms with Crippen molar-refractivity contribution in [3.05, 3.63) is 58.6 Å². The van der Waals surface area contributed by atoms with Gasteiger partial charge in [-0.3, -0.25) is 0 Å². The normalized spacial score (nSPS) is 17.5. The second-order valence-electron chi connectivity index (χ2n) is 9.34. The molecule has 1 aliphatic heterocycles. The Labute approximate surface area is 211 Å². The first-order valence-corrected chi connectivity index (χ1v) is 12.2. The highest BCUT2D eigenvalue weighted by atomic mass is 35.5. The molecule has 190 valence electrons. The Kier molecular flexibility index (Phi) is 6.42. The Morgan fingerprint density at radius 2 is 1.94 bits per heavy atom. The van der Waals surface area contributed by atoms with Crippen molar-refractivity contribution >= 4 is 39.9 Å². The number of nitrogens with zero attached hydrogens (tertiary/aromatic N) is 4. The van der Waals surface area contributed by atoms with Gasteiger partial charge < -0.3 is 20.9 Å². The molecule has 1 saturated heterocycles. The summed E-state index contributed by atoms with van der Waals surface area (Å²) in [5.74, 6) is 0.908. The number of nitrogen functional groups attached to an aromatic ring is 1. The van der Waals surface area contributed by atoms with Crippen LogP contribution in [0.4, 0.5) is 18.9 Å². The minimum Gasteiger partial charge on any atom is -0.396 e. The smallest absolute Gasteiger partial charge is 0.396 e. The summed E-state index contributed by atoms with van der Waals surface area (Å²) in [7, 11) is 1.97. The molecule has 0 aromatic carbocycles. The lowest BCUT2D eigenvalue weighted by atomic mass is 9.99. The second-order valence-corrected chi connectivity index (χ2v) is 9.70. The molecule has 2 fully saturated rings. The average Bonchev–Trinajstić information content (AvgIpc) is 3.60. The summed E-state index contributed by atoms with van der Waals surface area (Å²) in [4.78, 5) is 17.7. The van der Waals surface area contributed by atoms with Crippen molar-refractivity contribution in [3.63, 3.8) is 0 Å². The van der Waals surface area contributed by atoms with E-state index in [-0.39, 0.29) is 16.8 Å². The lowest BCUT2D eigenvalue weighted by Gasteiger charge is -2.35. The number of nitrogens with one attached hydrogen (secondary N) is 2. The summed E-state index contributed by atoms with van der Waals surface area (Å²) < 4.78 is 40.1. The van der Waals surface area contributed by atoms with E-state index in [0.29, 0.717) is 34.1 Å². The van der Waals surface area contributed by atoms with E-state index < -0.39 is 11.9 Å². The number of halogens is 4. The second kappa shape index (κ2) is 9.40. The van der Waals surface area contributed by atoms with Crippen LogP contribution in [0, 0.1) is 0 Å². The van der Waals surface area contributed by atoms with E-state index in [1.165, 1.54) is 6.20 Å². The SMILES string of the molecule is C=C(N=C(c1c(C2CC2)cnc(Cl)c1N)N(C)C1CCNCC1)c1ccnc2[nH]c(C(F)(F)F)cc12. The van der Waals surface area contributed by atoms with Gasteiger partial charge in [-0.2, -0.15) is 13.2 Å². The molecule has 4 heterocycles. The molecule has 1 saturated carbocycles. The van der Waals surface area contributed by atoms with E-state index in [4.69, 9.17) is 22.3 Å². The Hall–Kier alpha value is -3.11. The zero-order valence-electron chi connectivity index (χ0n) is 19.8. The molecule has 0 bridgehead atoms. The topological polar surface area (TPSA) is 95.2 Å². The molecular weight excluding hydrogens is 491 g/mol. The number of aliphatic imine (C=N–C) groups is 1. The fourth-order valence-electron chi connectivity index (χ4n) is 4.77. The number of piperidine rings is 1. The Morgan fingerprint density at radius 3 is 2.61 bits per heavy atom. The highest BCUT2D eigenvalue weighted by Gasteiger charge is 2.34. The largest absolute Gasteiger partial charge is 0.431 e. The molecular formula is C25H27ClF3N7. The molecule has 1 aliphatic carbocycles. The van der Waals surface area contributed by atoms with Gasteiger partial charge in [0.2, 0.25) is 0 Å². The van der Waals surface area contributed by atoms with Crippen LogP contribution in [0.5, 0.6) is 0 Å². The fraction of sp³-hybridized carbons (Fsp3) is 0.400. The molecule has 0 atom stereocenters. The van der Waals surface area contributed by atoms with Crippen LogP contribution < -0.4 is 11.1 Å². The van der Waals surface area contributed by atoms with Gasteiger partial charge in [0.05, 0.1) is 11.4 Å². The number of alkyl halides is 3. The fourth-order valence-corrected chi connectivity index (χ4v) is 4.91. The molecule has 0 radical (unpaired) electrons. The van der Waals surface area contributed by atoms with Crippen molar-refractivity contribution in [1.82, 2.24) is 25.2 Å². The molecule has 3 aromatic rings. The van der Waals surface area contributed by atoms with Gasteiger partial charge in [0, 0.05) is 42.0 Å². The van der Waals surface area contributed by atoms with E-state index in [2.05, 4.69) is 31.7 Å². The number of H-pyrrole nitrogens is 1. The molecule has 11 heteroatoms. The van der Waals surface area contributed by atoms with Crippen molar-refractivity contribution in [2.24, 2.45) is 4.99 Å². The monoisotopic (exact) mass is 517 g/mol. The molecule has 0 amide bonds. The molecule has 5 rings (SSSR count). The quantitative estimate of drug-likeness (QED) is 0.246. The third kappa shape index (κ3) is 4.67. The first-order chi connectivity index (χ1) is 17.1. The summed E-state index contributed by atoms with van der Waals surface area (Å²) in [5, 5.41) is 3.86. The van der Waals surface area contributed by atoms with Crippen LogP contribution in [0.15, 0.2) is 36.1 Å². The van der Waals surface area contributed by atoms with E-state index >= 15 is 0 Å². The maximum absolute atomic E-state index is 13.4. The van der Waals surface area contributed by atoms with E-state index in [1.54, 1.807) is 12.3 Å². The minimum atomic E-state index is -4.52. The molecule has 4 N–H and O–H groups in total. The van der Waals surface area contributed by atoms with E-state index in [0.717, 1.165) is 56.0 Å². The Bertz CT molecular complexity index is 1340. The summed E-state index contributed by atoms with van der Waals surface area (Å²) in [6.07, 6.45) is 2.54. The first-order valence-electron chi connectivity index (χ1n) is 11.9. The lowest BCUT2D eigenvalue weighted by molar-refractivity contribution is -0.140. The molecule has 0 spiro atoms. The number of aromatic nitrogens is 3. The van der Waals surface area contributed by atoms with Crippen LogP contribution in [0.2, 0.25) is 5.15 Å². The highest BCUT2D eigenvalue weighted by Crippen LogP contribution is 2.44. The van der Waals surface area contributed by atoms with Gasteiger partial charge >= 0.3 is 6.18 Å². The maximum Gasteiger partial charge on any atom is 0.431 e. The van der Waals surface area contributed by atoms with Crippen molar-refractivity contribution < 1.29 is 13.2 Å². The first kappa shape index (κ1) is 24.6. The summed E-state index contributed by atoms with van der Waals surface area (Å²) in [6, 6.07) is 2.86. The van der Waals surface area contributed by atoms with Gasteiger partial charge in [-0.1, -0.05) is 18.2 Å². The number of pyridine rings is 2. The third-order valence-corrected chi connectivity index (χ3v) is 7.22. The third-order valence-electron chi connectivity index (χ3n) is 6.92. The maximum atomic E-state index is 13.4. The number of rotatable bonds is 5. The highest BCUT2D eigenvalue weighted by molar-refractivity contribution is 6.33. The summed E-state index contributed by atoms with van der Waals surface area (Å²) >= 11 is 6.36. The van der Waals surface area contributed by atoms with Crippen LogP contribution in [0.3, 0.4) is 0 Å². The van der Waals surface area contributed by atoms with E-state index in [9.17, 15) is 13.2 Å². The van der Waals surface area contributed by atoms with Gasteiger partial charge in [-0.15, -0.1) is 0 Å². The number of aromatic amines is 1. The number of fused-ring (bicyclic) bond motifs is 1. The predicted molar refractivity (Wildman–Crippen MR) is 136 cm³/mol. The Balaban J connectivity index is 1.65. The average molecular weight is 518 g/mol. The van der Waals surface area contributed by atoms with Gasteiger partial charge in [0.25, 0.3) is 0 Å². The zero-order valence-corrected chi connectivity index (χ0v) is 20.5. The molecule has 36 heavy (non-hydrogen) atoms. The lowest BCUT2D eigenvalue weighted by Crippen LogP contribution is -2.44. The van der Waals surface area contributed by atoms with Crippen LogP contribution in [-0.2, 0) is 6.18 Å². The van der Waals surface area contributed by atoms with Gasteiger partial charge in [0.1, 0.15) is 17.2 Å². The van der Waals surface area contributed by atoms with E-state index in [1.807, 2.05) is 7.05 Å². The van der Waals surface area contributed by atoms with Gasteiger partial charge in [0.15, 0.2) is 5.15 Å². The van der Waals surface area contributed by atoms with Crippen LogP contribution in [-0.4, -0.2) is 51.9 Å². The van der Waals surface area contributed by atoms with Gasteiger partial charge in [-0.25, -0.2) is 15.0 Å². The zero-order chi connectivity index (χ0) is 25.6. The minimum absolute atomic E-state index is 0.120. The van der Waals surface area contributed by atoms with Crippen LogP contribution in [0.25, 0.3) is 16.7 Å². The number of amidine groups is 1. The van der Waals surface area contributed by atoms with Gasteiger partial charge in [-0.05, 0) is 62.4 Å². The summed E-state index contributed by atoms with van der Waals surface area (Å²) in [5.41, 5.74) is 8.53. The van der Waals surface area contributed by atoms with Crippen molar-refractivity contribution in [3.8, 4) is 0 Å².